The number of methoxy groups -OCH3 is 1. The van der Waals surface area contributed by atoms with Gasteiger partial charge in [-0.3, -0.25) is 4.79 Å². The zero-order valence-electron chi connectivity index (χ0n) is 31.8. The first-order valence-electron chi connectivity index (χ1n) is 19.1. The van der Waals surface area contributed by atoms with Crippen LogP contribution in [0.2, 0.25) is 0 Å². The Morgan fingerprint density at radius 3 is 2.53 bits per heavy atom. The Bertz CT molecular complexity index is 1930. The Morgan fingerprint density at radius 1 is 1.05 bits per heavy atom. The predicted molar refractivity (Wildman–Crippen MR) is 202 cm³/mol. The SMILES string of the molecule is CO[C@H]1C[C@H]2C=CC3C4C(O)[C@@H](C)[C@@H](OC(=O)C5=CC=CC5)[C@@H]3O[C@]42/C(C)=C/[C@@H](C)[C@@H]([C@@H](C)OC(=O)C(=O)NCc2ccccc2-c2ccccc2)OC1=O. The molecule has 7 rings (SSSR count). The number of aliphatic hydroxyl groups excluding tert-OH is 1. The van der Waals surface area contributed by atoms with Crippen molar-refractivity contribution in [3.63, 3.8) is 0 Å². The van der Waals surface area contributed by atoms with Crippen LogP contribution < -0.4 is 5.32 Å². The standard InChI is InChI=1S/C44H49NO10/c1-24-21-25(2)44-31(19-20-33-35(44)36(46)26(3)38(39(33)55-44)54-41(48)29-15-9-10-16-29)22-34(51-5)42(49)53-37(24)27(4)52-43(50)40(47)45-23-30-17-11-12-18-32(30)28-13-7-6-8-14-28/h6-15,17-21,24,26-27,31,33-39,46H,16,22-23H2,1-5H3,(H,45,47)/b25-21+/t24-,26-,27-,31-,33?,34+,35?,36?,37+,38-,39-,44+/m1/s1. The molecule has 5 aliphatic rings. The summed E-state index contributed by atoms with van der Waals surface area (Å²) in [6.45, 7) is 7.34. The summed E-state index contributed by atoms with van der Waals surface area (Å²) in [5.74, 6) is -5.11. The Kier molecular flexibility index (Phi) is 11.0. The van der Waals surface area contributed by atoms with Crippen LogP contribution in [0.5, 0.6) is 0 Å². The van der Waals surface area contributed by atoms with Gasteiger partial charge in [0.05, 0.1) is 6.10 Å². The van der Waals surface area contributed by atoms with Gasteiger partial charge in [-0.25, -0.2) is 14.4 Å². The molecule has 11 heteroatoms. The average Bonchev–Trinajstić information content (AvgIpc) is 3.80. The molecule has 0 radical (unpaired) electrons. The first-order valence-corrected chi connectivity index (χ1v) is 19.1. The molecule has 11 nitrogen and oxygen atoms in total. The van der Waals surface area contributed by atoms with Crippen molar-refractivity contribution in [2.75, 3.05) is 7.11 Å². The number of benzene rings is 2. The lowest BCUT2D eigenvalue weighted by molar-refractivity contribution is -0.180. The molecule has 2 N–H and O–H groups in total. The fraction of sp³-hybridized carbons (Fsp3) is 0.455. The van der Waals surface area contributed by atoms with E-state index in [1.54, 1.807) is 13.0 Å². The Balaban J connectivity index is 1.11. The molecule has 3 unspecified atom stereocenters. The van der Waals surface area contributed by atoms with E-state index in [9.17, 15) is 24.3 Å². The highest BCUT2D eigenvalue weighted by Gasteiger charge is 2.69. The molecule has 2 aromatic carbocycles. The van der Waals surface area contributed by atoms with Gasteiger partial charge in [0.15, 0.2) is 6.10 Å². The number of cyclic esters (lactones) is 1. The molecule has 2 fully saturated rings. The number of carbonyl (C=O) groups is 4. The average molecular weight is 752 g/mol. The van der Waals surface area contributed by atoms with Gasteiger partial charge in [0.25, 0.3) is 0 Å². The zero-order chi connectivity index (χ0) is 39.0. The smallest absolute Gasteiger partial charge is 0.397 e. The maximum atomic E-state index is 13.8. The first kappa shape index (κ1) is 38.4. The lowest BCUT2D eigenvalue weighted by Gasteiger charge is -2.49. The van der Waals surface area contributed by atoms with Crippen molar-refractivity contribution in [2.45, 2.75) is 89.3 Å². The van der Waals surface area contributed by atoms with E-state index in [1.165, 1.54) is 7.11 Å². The molecular formula is C44H49NO10. The lowest BCUT2D eigenvalue weighted by Crippen LogP contribution is -2.57. The van der Waals surface area contributed by atoms with E-state index >= 15 is 0 Å². The highest BCUT2D eigenvalue weighted by Crippen LogP contribution is 2.61. The molecule has 1 saturated carbocycles. The van der Waals surface area contributed by atoms with E-state index in [0.29, 0.717) is 12.0 Å². The van der Waals surface area contributed by atoms with E-state index in [4.69, 9.17) is 23.7 Å². The van der Waals surface area contributed by atoms with Gasteiger partial charge in [-0.1, -0.05) is 105 Å². The van der Waals surface area contributed by atoms with Crippen molar-refractivity contribution in [3.05, 3.63) is 108 Å². The minimum Gasteiger partial charge on any atom is -0.456 e. The van der Waals surface area contributed by atoms with Crippen molar-refractivity contribution >= 4 is 23.8 Å². The summed E-state index contributed by atoms with van der Waals surface area (Å²) in [5, 5.41) is 14.7. The van der Waals surface area contributed by atoms with E-state index < -0.39 is 83.8 Å². The summed E-state index contributed by atoms with van der Waals surface area (Å²) < 4.78 is 30.6. The summed E-state index contributed by atoms with van der Waals surface area (Å²) in [6.07, 6.45) is 6.92. The number of hydrogen-bond acceptors (Lipinski definition) is 10. The van der Waals surface area contributed by atoms with Crippen LogP contribution in [0.25, 0.3) is 11.1 Å². The quantitative estimate of drug-likeness (QED) is 0.160. The van der Waals surface area contributed by atoms with Crippen molar-refractivity contribution in [2.24, 2.45) is 29.6 Å². The van der Waals surface area contributed by atoms with Crippen LogP contribution in [0.1, 0.15) is 46.1 Å². The second kappa shape index (κ2) is 15.7. The molecule has 2 heterocycles. The largest absolute Gasteiger partial charge is 0.456 e. The maximum Gasteiger partial charge on any atom is 0.397 e. The molecule has 0 aromatic heterocycles. The molecule has 12 atom stereocenters. The fourth-order valence-electron chi connectivity index (χ4n) is 9.39. The molecule has 3 aliphatic carbocycles. The number of nitrogens with one attached hydrogen (secondary N) is 1. The topological polar surface area (TPSA) is 147 Å². The molecule has 2 aliphatic heterocycles. The van der Waals surface area contributed by atoms with Gasteiger partial charge < -0.3 is 34.1 Å². The van der Waals surface area contributed by atoms with Crippen molar-refractivity contribution in [1.29, 1.82) is 0 Å². The van der Waals surface area contributed by atoms with Crippen LogP contribution in [-0.2, 0) is 49.4 Å². The second-order valence-corrected chi connectivity index (χ2v) is 15.4. The Labute approximate surface area is 321 Å². The number of carbonyl (C=O) groups excluding carboxylic acids is 4. The molecule has 1 spiro atoms. The van der Waals surface area contributed by atoms with Crippen LogP contribution in [0.4, 0.5) is 0 Å². The van der Waals surface area contributed by atoms with E-state index in [1.807, 2.05) is 106 Å². The van der Waals surface area contributed by atoms with Gasteiger partial charge in [0.2, 0.25) is 0 Å². The number of allylic oxidation sites excluding steroid dienone is 3. The second-order valence-electron chi connectivity index (χ2n) is 15.4. The Hall–Kier alpha value is -4.84. The van der Waals surface area contributed by atoms with Crippen LogP contribution in [0, 0.1) is 29.6 Å². The van der Waals surface area contributed by atoms with Gasteiger partial charge >= 0.3 is 23.8 Å². The summed E-state index contributed by atoms with van der Waals surface area (Å²) in [4.78, 5) is 53.2. The highest BCUT2D eigenvalue weighted by molar-refractivity contribution is 6.32. The summed E-state index contributed by atoms with van der Waals surface area (Å²) in [5.41, 5.74) is 3.03. The predicted octanol–water partition coefficient (Wildman–Crippen LogP) is 5.18. The molecule has 4 bridgehead atoms. The summed E-state index contributed by atoms with van der Waals surface area (Å²) in [6, 6.07) is 17.3. The van der Waals surface area contributed by atoms with Crippen molar-refractivity contribution in [3.8, 4) is 11.1 Å². The van der Waals surface area contributed by atoms with Crippen molar-refractivity contribution in [1.82, 2.24) is 5.32 Å². The van der Waals surface area contributed by atoms with Gasteiger partial charge in [0, 0.05) is 48.8 Å². The maximum absolute atomic E-state index is 13.8. The Morgan fingerprint density at radius 2 is 1.80 bits per heavy atom. The molecular weight excluding hydrogens is 702 g/mol. The molecule has 2 aromatic rings. The fourth-order valence-corrected chi connectivity index (χ4v) is 9.39. The number of hydrogen-bond donors (Lipinski definition) is 2. The highest BCUT2D eigenvalue weighted by atomic mass is 16.6. The van der Waals surface area contributed by atoms with Crippen LogP contribution in [-0.4, -0.2) is 78.3 Å². The minimum absolute atomic E-state index is 0.0973. The van der Waals surface area contributed by atoms with E-state index in [2.05, 4.69) is 5.32 Å². The summed E-state index contributed by atoms with van der Waals surface area (Å²) in [7, 11) is 1.43. The van der Waals surface area contributed by atoms with Gasteiger partial charge in [0.1, 0.15) is 30.0 Å². The van der Waals surface area contributed by atoms with Gasteiger partial charge in [-0.05, 0) is 49.0 Å². The summed E-state index contributed by atoms with van der Waals surface area (Å²) >= 11 is 0. The van der Waals surface area contributed by atoms with E-state index in [0.717, 1.165) is 22.3 Å². The monoisotopic (exact) mass is 751 g/mol. The number of rotatable bonds is 8. The number of amides is 1. The minimum atomic E-state index is -1.11. The molecule has 290 valence electrons. The van der Waals surface area contributed by atoms with E-state index in [-0.39, 0.29) is 24.8 Å². The van der Waals surface area contributed by atoms with Gasteiger partial charge in [-0.15, -0.1) is 0 Å². The third kappa shape index (κ3) is 7.09. The third-order valence-corrected chi connectivity index (χ3v) is 12.2. The first-order chi connectivity index (χ1) is 26.4. The number of esters is 3. The molecule has 55 heavy (non-hydrogen) atoms. The molecule has 1 saturated heterocycles. The zero-order valence-corrected chi connectivity index (χ0v) is 31.8. The van der Waals surface area contributed by atoms with Crippen LogP contribution >= 0.6 is 0 Å². The van der Waals surface area contributed by atoms with Crippen molar-refractivity contribution < 1.29 is 48.0 Å². The van der Waals surface area contributed by atoms with Gasteiger partial charge in [-0.2, -0.15) is 0 Å². The number of aliphatic hydroxyl groups is 1. The lowest BCUT2D eigenvalue weighted by atomic mass is 9.57. The molecule has 1 amide bonds. The normalized spacial score (nSPS) is 35.0. The number of ether oxygens (including phenoxy) is 5. The third-order valence-electron chi connectivity index (χ3n) is 12.2. The van der Waals surface area contributed by atoms with Crippen LogP contribution in [0.15, 0.2) is 102 Å². The van der Waals surface area contributed by atoms with Crippen LogP contribution in [0.3, 0.4) is 0 Å².